The molecule has 1 aromatic carbocycles. The predicted molar refractivity (Wildman–Crippen MR) is 66.1 cm³/mol. The van der Waals surface area contributed by atoms with E-state index in [9.17, 15) is 4.79 Å². The van der Waals surface area contributed by atoms with Crippen molar-refractivity contribution < 1.29 is 28.8 Å². The molecule has 0 radical (unpaired) electrons. The van der Waals surface area contributed by atoms with Crippen LogP contribution in [0.2, 0.25) is 0 Å². The van der Waals surface area contributed by atoms with Crippen molar-refractivity contribution in [3.05, 3.63) is 17.7 Å². The highest BCUT2D eigenvalue weighted by molar-refractivity contribution is 5.92. The van der Waals surface area contributed by atoms with Crippen LogP contribution in [0.4, 0.5) is 0 Å². The summed E-state index contributed by atoms with van der Waals surface area (Å²) in [5, 5.41) is 9.14. The lowest BCUT2D eigenvalue weighted by molar-refractivity contribution is 0.0691. The summed E-state index contributed by atoms with van der Waals surface area (Å²) in [5.41, 5.74) is 0.0701. The maximum atomic E-state index is 11.2. The molecule has 0 unspecified atom stereocenters. The van der Waals surface area contributed by atoms with E-state index in [1.165, 1.54) is 6.07 Å². The van der Waals surface area contributed by atoms with E-state index >= 15 is 0 Å². The third kappa shape index (κ3) is 3.29. The summed E-state index contributed by atoms with van der Waals surface area (Å²) >= 11 is 0. The highest BCUT2D eigenvalue weighted by atomic mass is 16.7. The fourth-order valence-electron chi connectivity index (χ4n) is 1.70. The zero-order valence-electron chi connectivity index (χ0n) is 10.7. The zero-order chi connectivity index (χ0) is 13.7. The van der Waals surface area contributed by atoms with Gasteiger partial charge in [0.05, 0.1) is 6.61 Å². The van der Waals surface area contributed by atoms with E-state index in [2.05, 4.69) is 0 Å². The summed E-state index contributed by atoms with van der Waals surface area (Å²) in [6.07, 6.45) is 0.696. The average molecular weight is 268 g/mol. The van der Waals surface area contributed by atoms with Crippen LogP contribution in [0.25, 0.3) is 0 Å². The summed E-state index contributed by atoms with van der Waals surface area (Å²) in [5.74, 6) is 0.162. The number of hydrogen-bond acceptors (Lipinski definition) is 5. The van der Waals surface area contributed by atoms with Crippen LogP contribution in [0.5, 0.6) is 17.2 Å². The van der Waals surface area contributed by atoms with E-state index in [0.29, 0.717) is 37.7 Å². The quantitative estimate of drug-likeness (QED) is 0.761. The number of aromatic carboxylic acids is 1. The van der Waals surface area contributed by atoms with Crippen molar-refractivity contribution in [2.75, 3.05) is 26.6 Å². The Bertz CT molecular complexity index is 457. The molecule has 0 spiro atoms. The average Bonchev–Trinajstić information content (AvgIpc) is 2.84. The molecule has 0 aliphatic carbocycles. The molecule has 0 atom stereocenters. The van der Waals surface area contributed by atoms with Gasteiger partial charge in [0.25, 0.3) is 0 Å². The highest BCUT2D eigenvalue weighted by Gasteiger charge is 2.21. The highest BCUT2D eigenvalue weighted by Crippen LogP contribution is 2.38. The Labute approximate surface area is 110 Å². The first kappa shape index (κ1) is 13.5. The van der Waals surface area contributed by atoms with Gasteiger partial charge in [-0.3, -0.25) is 0 Å². The van der Waals surface area contributed by atoms with Gasteiger partial charge in [-0.25, -0.2) is 4.79 Å². The summed E-state index contributed by atoms with van der Waals surface area (Å²) in [6, 6.07) is 2.97. The van der Waals surface area contributed by atoms with Crippen LogP contribution in [0.3, 0.4) is 0 Å². The molecular formula is C13H16O6. The fourth-order valence-corrected chi connectivity index (χ4v) is 1.70. The molecule has 0 aromatic heterocycles. The molecule has 1 heterocycles. The topological polar surface area (TPSA) is 74.2 Å². The lowest BCUT2D eigenvalue weighted by Crippen LogP contribution is -2.07. The second kappa shape index (κ2) is 6.29. The minimum atomic E-state index is -1.06. The molecule has 1 aromatic rings. The molecule has 1 aliphatic rings. The van der Waals surface area contributed by atoms with Crippen molar-refractivity contribution in [2.24, 2.45) is 0 Å². The number of carboxylic acid groups (broad SMARTS) is 1. The second-order valence-electron chi connectivity index (χ2n) is 3.91. The first-order valence-corrected chi connectivity index (χ1v) is 6.10. The third-order valence-electron chi connectivity index (χ3n) is 2.60. The van der Waals surface area contributed by atoms with Gasteiger partial charge in [-0.1, -0.05) is 0 Å². The largest absolute Gasteiger partial charge is 0.492 e. The Kier molecular flexibility index (Phi) is 4.46. The van der Waals surface area contributed by atoms with Crippen LogP contribution in [0, 0.1) is 0 Å². The first-order chi connectivity index (χ1) is 9.22. The SMILES string of the molecule is CCOCCCOc1cc2c(cc1C(=O)O)OCO2. The van der Waals surface area contributed by atoms with E-state index < -0.39 is 5.97 Å². The van der Waals surface area contributed by atoms with E-state index in [-0.39, 0.29) is 18.1 Å². The Morgan fingerprint density at radius 2 is 2.05 bits per heavy atom. The Morgan fingerprint density at radius 3 is 2.74 bits per heavy atom. The van der Waals surface area contributed by atoms with E-state index in [0.717, 1.165) is 0 Å². The van der Waals surface area contributed by atoms with Crippen LogP contribution in [0.15, 0.2) is 12.1 Å². The van der Waals surface area contributed by atoms with Gasteiger partial charge in [0.15, 0.2) is 11.5 Å². The van der Waals surface area contributed by atoms with Crippen LogP contribution in [-0.2, 0) is 4.74 Å². The van der Waals surface area contributed by atoms with Gasteiger partial charge in [0, 0.05) is 31.8 Å². The summed E-state index contributed by atoms with van der Waals surface area (Å²) in [4.78, 5) is 11.2. The normalized spacial score (nSPS) is 12.5. The lowest BCUT2D eigenvalue weighted by atomic mass is 10.2. The molecule has 0 amide bonds. The number of carbonyl (C=O) groups is 1. The van der Waals surface area contributed by atoms with Crippen molar-refractivity contribution in [1.82, 2.24) is 0 Å². The molecule has 0 saturated heterocycles. The van der Waals surface area contributed by atoms with Gasteiger partial charge >= 0.3 is 5.97 Å². The first-order valence-electron chi connectivity index (χ1n) is 6.10. The molecule has 104 valence electrons. The maximum Gasteiger partial charge on any atom is 0.339 e. The van der Waals surface area contributed by atoms with E-state index in [1.807, 2.05) is 6.92 Å². The maximum absolute atomic E-state index is 11.2. The molecule has 1 N–H and O–H groups in total. The van der Waals surface area contributed by atoms with Gasteiger partial charge in [0.2, 0.25) is 6.79 Å². The number of rotatable bonds is 7. The predicted octanol–water partition coefficient (Wildman–Crippen LogP) is 1.92. The number of hydrogen-bond donors (Lipinski definition) is 1. The molecule has 1 aliphatic heterocycles. The van der Waals surface area contributed by atoms with Gasteiger partial charge in [0.1, 0.15) is 11.3 Å². The number of fused-ring (bicyclic) bond motifs is 1. The van der Waals surface area contributed by atoms with Gasteiger partial charge in [-0.05, 0) is 6.92 Å². The lowest BCUT2D eigenvalue weighted by Gasteiger charge is -2.10. The Hall–Kier alpha value is -1.95. The number of carboxylic acids is 1. The minimum absolute atomic E-state index is 0.0701. The molecule has 0 fully saturated rings. The third-order valence-corrected chi connectivity index (χ3v) is 2.60. The summed E-state index contributed by atoms with van der Waals surface area (Å²) < 4.78 is 21.0. The minimum Gasteiger partial charge on any atom is -0.492 e. The van der Waals surface area contributed by atoms with Gasteiger partial charge < -0.3 is 24.1 Å². The zero-order valence-corrected chi connectivity index (χ0v) is 10.7. The second-order valence-corrected chi connectivity index (χ2v) is 3.91. The van der Waals surface area contributed by atoms with Crippen molar-refractivity contribution >= 4 is 5.97 Å². The molecule has 2 rings (SSSR count). The molecule has 0 saturated carbocycles. The van der Waals surface area contributed by atoms with Crippen molar-refractivity contribution in [3.8, 4) is 17.2 Å². The fraction of sp³-hybridized carbons (Fsp3) is 0.462. The monoisotopic (exact) mass is 268 g/mol. The number of ether oxygens (including phenoxy) is 4. The van der Waals surface area contributed by atoms with Crippen molar-refractivity contribution in [1.29, 1.82) is 0 Å². The Balaban J connectivity index is 2.03. The standard InChI is InChI=1S/C13H16O6/c1-2-16-4-3-5-17-10-7-12-11(18-8-19-12)6-9(10)13(14)15/h6-7H,2-5,8H2,1H3,(H,14,15). The van der Waals surface area contributed by atoms with Gasteiger partial charge in [-0.15, -0.1) is 0 Å². The van der Waals surface area contributed by atoms with Crippen LogP contribution in [0.1, 0.15) is 23.7 Å². The Morgan fingerprint density at radius 1 is 1.32 bits per heavy atom. The van der Waals surface area contributed by atoms with Crippen molar-refractivity contribution in [3.63, 3.8) is 0 Å². The van der Waals surface area contributed by atoms with E-state index in [1.54, 1.807) is 6.07 Å². The summed E-state index contributed by atoms with van der Waals surface area (Å²) in [7, 11) is 0. The van der Waals surface area contributed by atoms with Crippen LogP contribution >= 0.6 is 0 Å². The molecule has 6 nitrogen and oxygen atoms in total. The molecule has 0 bridgehead atoms. The number of benzene rings is 1. The molecule has 19 heavy (non-hydrogen) atoms. The summed E-state index contributed by atoms with van der Waals surface area (Å²) in [6.45, 7) is 3.65. The van der Waals surface area contributed by atoms with Gasteiger partial charge in [-0.2, -0.15) is 0 Å². The molecule has 6 heteroatoms. The van der Waals surface area contributed by atoms with Crippen LogP contribution < -0.4 is 14.2 Å². The van der Waals surface area contributed by atoms with Crippen molar-refractivity contribution in [2.45, 2.75) is 13.3 Å². The molecular weight excluding hydrogens is 252 g/mol. The van der Waals surface area contributed by atoms with Crippen LogP contribution in [-0.4, -0.2) is 37.7 Å². The smallest absolute Gasteiger partial charge is 0.339 e. The van der Waals surface area contributed by atoms with E-state index in [4.69, 9.17) is 24.1 Å².